The Morgan fingerprint density at radius 1 is 1.18 bits per heavy atom. The minimum absolute atomic E-state index is 0.00351. The Bertz CT molecular complexity index is 496. The molecule has 1 aliphatic rings. The molecule has 0 unspecified atom stereocenters. The molecule has 2 amide bonds. The molecule has 0 spiro atoms. The van der Waals surface area contributed by atoms with E-state index in [4.69, 9.17) is 4.74 Å². The smallest absolute Gasteiger partial charge is 0.410 e. The van der Waals surface area contributed by atoms with Gasteiger partial charge >= 0.3 is 6.09 Å². The molecule has 5 nitrogen and oxygen atoms in total. The van der Waals surface area contributed by atoms with Crippen molar-refractivity contribution in [2.75, 3.05) is 13.1 Å². The van der Waals surface area contributed by atoms with Gasteiger partial charge in [0.25, 0.3) is 0 Å². The van der Waals surface area contributed by atoms with Crippen molar-refractivity contribution in [3.05, 3.63) is 30.3 Å². The van der Waals surface area contributed by atoms with Crippen LogP contribution in [0.5, 0.6) is 5.75 Å². The molecule has 0 aliphatic carbocycles. The van der Waals surface area contributed by atoms with Crippen LogP contribution < -0.4 is 10.1 Å². The van der Waals surface area contributed by atoms with Crippen molar-refractivity contribution in [3.63, 3.8) is 0 Å². The number of carbonyl (C=O) groups is 2. The summed E-state index contributed by atoms with van der Waals surface area (Å²) in [4.78, 5) is 26.4. The Balaban J connectivity index is 1.96. The van der Waals surface area contributed by atoms with Crippen LogP contribution >= 0.6 is 0 Å². The number of amides is 2. The zero-order valence-corrected chi connectivity index (χ0v) is 13.2. The molecular weight excluding hydrogens is 280 g/mol. The van der Waals surface area contributed by atoms with Crippen LogP contribution in [0.25, 0.3) is 0 Å². The highest BCUT2D eigenvalue weighted by atomic mass is 16.6. The van der Waals surface area contributed by atoms with Crippen molar-refractivity contribution in [1.29, 1.82) is 0 Å². The maximum Gasteiger partial charge on any atom is 0.413 e. The minimum Gasteiger partial charge on any atom is -0.410 e. The first-order valence-electron chi connectivity index (χ1n) is 7.88. The summed E-state index contributed by atoms with van der Waals surface area (Å²) in [6, 6.07) is 8.34. The average Bonchev–Trinajstić information content (AvgIpc) is 3.00. The maximum absolute atomic E-state index is 12.5. The highest BCUT2D eigenvalue weighted by Gasteiger charge is 2.28. The number of rotatable bonds is 5. The zero-order valence-electron chi connectivity index (χ0n) is 13.2. The Morgan fingerprint density at radius 3 is 2.41 bits per heavy atom. The summed E-state index contributed by atoms with van der Waals surface area (Å²) >= 11 is 0. The standard InChI is InChI=1S/C17H24N2O3/c1-13(2)12-15(16(20)19-10-6-7-11-19)18-17(21)22-14-8-4-3-5-9-14/h3-5,8-9,13,15H,6-7,10-12H2,1-2H3,(H,18,21)/t15-/m0/s1. The summed E-state index contributed by atoms with van der Waals surface area (Å²) in [5.74, 6) is 0.779. The monoisotopic (exact) mass is 304 g/mol. The van der Waals surface area contributed by atoms with Crippen molar-refractivity contribution in [2.24, 2.45) is 5.92 Å². The lowest BCUT2D eigenvalue weighted by Gasteiger charge is -2.25. The van der Waals surface area contributed by atoms with Crippen LogP contribution in [0.15, 0.2) is 30.3 Å². The molecule has 1 aromatic carbocycles. The van der Waals surface area contributed by atoms with E-state index in [0.29, 0.717) is 18.1 Å². The Morgan fingerprint density at radius 2 is 1.82 bits per heavy atom. The SMILES string of the molecule is CC(C)C[C@H](NC(=O)Oc1ccccc1)C(=O)N1CCCC1. The molecule has 0 saturated carbocycles. The van der Waals surface area contributed by atoms with E-state index in [1.807, 2.05) is 24.8 Å². The molecular formula is C17H24N2O3. The molecule has 1 heterocycles. The molecule has 2 rings (SSSR count). The van der Waals surface area contributed by atoms with Crippen molar-refractivity contribution < 1.29 is 14.3 Å². The lowest BCUT2D eigenvalue weighted by Crippen LogP contribution is -2.49. The van der Waals surface area contributed by atoms with Crippen LogP contribution in [0.3, 0.4) is 0 Å². The molecule has 1 aromatic rings. The molecule has 5 heteroatoms. The summed E-state index contributed by atoms with van der Waals surface area (Å²) in [5.41, 5.74) is 0. The van der Waals surface area contributed by atoms with Gasteiger partial charge < -0.3 is 15.0 Å². The fraction of sp³-hybridized carbons (Fsp3) is 0.529. The summed E-state index contributed by atoms with van der Waals surface area (Å²) in [5, 5.41) is 2.72. The fourth-order valence-corrected chi connectivity index (χ4v) is 2.62. The van der Waals surface area contributed by atoms with Gasteiger partial charge in [0.2, 0.25) is 5.91 Å². The van der Waals surface area contributed by atoms with Crippen LogP contribution in [-0.2, 0) is 4.79 Å². The van der Waals surface area contributed by atoms with Crippen molar-refractivity contribution in [3.8, 4) is 5.75 Å². The summed E-state index contributed by atoms with van der Waals surface area (Å²) < 4.78 is 5.22. The highest BCUT2D eigenvalue weighted by molar-refractivity contribution is 5.86. The molecule has 0 bridgehead atoms. The summed E-state index contributed by atoms with van der Waals surface area (Å²) in [7, 11) is 0. The van der Waals surface area contributed by atoms with E-state index in [9.17, 15) is 9.59 Å². The first-order valence-corrected chi connectivity index (χ1v) is 7.88. The topological polar surface area (TPSA) is 58.6 Å². The molecule has 1 atom stereocenters. The predicted molar refractivity (Wildman–Crippen MR) is 84.7 cm³/mol. The summed E-state index contributed by atoms with van der Waals surface area (Å²) in [6.45, 7) is 5.63. The third kappa shape index (κ3) is 4.76. The number of likely N-dealkylation sites (tertiary alicyclic amines) is 1. The van der Waals surface area contributed by atoms with Crippen molar-refractivity contribution >= 4 is 12.0 Å². The third-order valence-electron chi connectivity index (χ3n) is 3.67. The van der Waals surface area contributed by atoms with Crippen molar-refractivity contribution in [2.45, 2.75) is 39.2 Å². The molecule has 22 heavy (non-hydrogen) atoms. The van der Waals surface area contributed by atoms with Gasteiger partial charge in [-0.05, 0) is 37.3 Å². The molecule has 0 radical (unpaired) electrons. The van der Waals surface area contributed by atoms with Gasteiger partial charge in [0.15, 0.2) is 0 Å². The molecule has 1 N–H and O–H groups in total. The second kappa shape index (κ2) is 7.82. The van der Waals surface area contributed by atoms with E-state index in [2.05, 4.69) is 5.32 Å². The van der Waals surface area contributed by atoms with E-state index < -0.39 is 12.1 Å². The van der Waals surface area contributed by atoms with Crippen LogP contribution in [0, 0.1) is 5.92 Å². The van der Waals surface area contributed by atoms with E-state index in [0.717, 1.165) is 25.9 Å². The molecule has 1 fully saturated rings. The lowest BCUT2D eigenvalue weighted by molar-refractivity contribution is -0.132. The van der Waals surface area contributed by atoms with Crippen molar-refractivity contribution in [1.82, 2.24) is 10.2 Å². The highest BCUT2D eigenvalue weighted by Crippen LogP contribution is 2.14. The number of hydrogen-bond donors (Lipinski definition) is 1. The van der Waals surface area contributed by atoms with Gasteiger partial charge in [-0.25, -0.2) is 4.79 Å². The van der Waals surface area contributed by atoms with Gasteiger partial charge in [-0.1, -0.05) is 32.0 Å². The average molecular weight is 304 g/mol. The number of nitrogens with zero attached hydrogens (tertiary/aromatic N) is 1. The Hall–Kier alpha value is -2.04. The van der Waals surface area contributed by atoms with E-state index >= 15 is 0 Å². The maximum atomic E-state index is 12.5. The Kier molecular flexibility index (Phi) is 5.81. The lowest BCUT2D eigenvalue weighted by atomic mass is 10.0. The Labute approximate surface area is 131 Å². The van der Waals surface area contributed by atoms with E-state index in [1.54, 1.807) is 24.3 Å². The first kappa shape index (κ1) is 16.3. The molecule has 1 saturated heterocycles. The second-order valence-corrected chi connectivity index (χ2v) is 6.06. The quantitative estimate of drug-likeness (QED) is 0.910. The first-order chi connectivity index (χ1) is 10.6. The molecule has 1 aliphatic heterocycles. The van der Waals surface area contributed by atoms with Crippen LogP contribution in [0.4, 0.5) is 4.79 Å². The number of para-hydroxylation sites is 1. The number of ether oxygens (including phenoxy) is 1. The number of carbonyl (C=O) groups excluding carboxylic acids is 2. The fourth-order valence-electron chi connectivity index (χ4n) is 2.62. The van der Waals surface area contributed by atoms with Crippen LogP contribution in [-0.4, -0.2) is 36.0 Å². The van der Waals surface area contributed by atoms with Crippen LogP contribution in [0.1, 0.15) is 33.1 Å². The van der Waals surface area contributed by atoms with Gasteiger partial charge in [-0.15, -0.1) is 0 Å². The van der Waals surface area contributed by atoms with Gasteiger partial charge in [-0.2, -0.15) is 0 Å². The minimum atomic E-state index is -0.579. The van der Waals surface area contributed by atoms with Gasteiger partial charge in [0, 0.05) is 13.1 Å². The normalized spacial score (nSPS) is 15.7. The number of benzene rings is 1. The van der Waals surface area contributed by atoms with Gasteiger partial charge in [-0.3, -0.25) is 4.79 Å². The zero-order chi connectivity index (χ0) is 15.9. The van der Waals surface area contributed by atoms with Gasteiger partial charge in [0.05, 0.1) is 0 Å². The van der Waals surface area contributed by atoms with E-state index in [1.165, 1.54) is 0 Å². The second-order valence-electron chi connectivity index (χ2n) is 6.06. The summed E-state index contributed by atoms with van der Waals surface area (Å²) in [6.07, 6.45) is 2.10. The van der Waals surface area contributed by atoms with Crippen LogP contribution in [0.2, 0.25) is 0 Å². The van der Waals surface area contributed by atoms with E-state index in [-0.39, 0.29) is 5.91 Å². The number of nitrogens with one attached hydrogen (secondary N) is 1. The molecule has 120 valence electrons. The largest absolute Gasteiger partial charge is 0.413 e. The number of hydrogen-bond acceptors (Lipinski definition) is 3. The third-order valence-corrected chi connectivity index (χ3v) is 3.67. The predicted octanol–water partition coefficient (Wildman–Crippen LogP) is 2.81. The van der Waals surface area contributed by atoms with Gasteiger partial charge in [0.1, 0.15) is 11.8 Å². The molecule has 0 aromatic heterocycles.